The van der Waals surface area contributed by atoms with Crippen molar-refractivity contribution in [2.24, 2.45) is 5.92 Å². The zero-order chi connectivity index (χ0) is 15.8. The number of fused-ring (bicyclic) bond motifs is 1. The van der Waals surface area contributed by atoms with E-state index in [0.717, 1.165) is 34.8 Å². The number of pyridine rings is 1. The molecule has 1 saturated carbocycles. The van der Waals surface area contributed by atoms with Gasteiger partial charge in [-0.25, -0.2) is 9.97 Å². The number of hydrogen-bond acceptors (Lipinski definition) is 4. The molecule has 0 spiro atoms. The minimum atomic E-state index is -0.0759. The molecule has 1 N–H and O–H groups in total. The fourth-order valence-electron chi connectivity index (χ4n) is 2.80. The van der Waals surface area contributed by atoms with Gasteiger partial charge >= 0.3 is 0 Å². The average molecular weight is 306 g/mol. The monoisotopic (exact) mass is 306 g/mol. The van der Waals surface area contributed by atoms with E-state index in [-0.39, 0.29) is 5.56 Å². The van der Waals surface area contributed by atoms with Crippen molar-refractivity contribution >= 4 is 16.7 Å². The molecular formula is C18H18N4O. The summed E-state index contributed by atoms with van der Waals surface area (Å²) in [7, 11) is 0. The summed E-state index contributed by atoms with van der Waals surface area (Å²) in [5, 5.41) is 4.34. The highest BCUT2D eigenvalue weighted by molar-refractivity contribution is 5.79. The van der Waals surface area contributed by atoms with E-state index in [1.807, 2.05) is 31.2 Å². The summed E-state index contributed by atoms with van der Waals surface area (Å²) in [5.74, 6) is 0.800. The first-order valence-electron chi connectivity index (χ1n) is 7.89. The maximum Gasteiger partial charge on any atom is 0.257 e. The van der Waals surface area contributed by atoms with Gasteiger partial charge in [-0.1, -0.05) is 6.07 Å². The fraction of sp³-hybridized carbons (Fsp3) is 0.278. The van der Waals surface area contributed by atoms with Gasteiger partial charge in [-0.15, -0.1) is 0 Å². The van der Waals surface area contributed by atoms with Crippen LogP contribution >= 0.6 is 0 Å². The minimum Gasteiger partial charge on any atom is -0.385 e. The molecule has 0 saturated heterocycles. The summed E-state index contributed by atoms with van der Waals surface area (Å²) >= 11 is 0. The molecule has 23 heavy (non-hydrogen) atoms. The van der Waals surface area contributed by atoms with Gasteiger partial charge in [0.1, 0.15) is 6.33 Å². The third-order valence-electron chi connectivity index (χ3n) is 4.28. The molecule has 1 fully saturated rings. The Morgan fingerprint density at radius 1 is 1.30 bits per heavy atom. The highest BCUT2D eigenvalue weighted by Gasteiger charge is 2.20. The van der Waals surface area contributed by atoms with Gasteiger partial charge in [-0.05, 0) is 49.4 Å². The zero-order valence-corrected chi connectivity index (χ0v) is 13.0. The van der Waals surface area contributed by atoms with E-state index < -0.39 is 0 Å². The number of anilines is 1. The van der Waals surface area contributed by atoms with Gasteiger partial charge in [0, 0.05) is 29.9 Å². The van der Waals surface area contributed by atoms with Gasteiger partial charge in [0.05, 0.1) is 5.69 Å². The zero-order valence-electron chi connectivity index (χ0n) is 13.0. The van der Waals surface area contributed by atoms with Crippen LogP contribution in [0.1, 0.15) is 18.4 Å². The molecule has 0 aliphatic heterocycles. The van der Waals surface area contributed by atoms with Crippen molar-refractivity contribution in [3.8, 4) is 5.69 Å². The molecule has 5 heteroatoms. The van der Waals surface area contributed by atoms with Gasteiger partial charge in [-0.2, -0.15) is 0 Å². The summed E-state index contributed by atoms with van der Waals surface area (Å²) < 4.78 is 1.65. The van der Waals surface area contributed by atoms with Crippen LogP contribution in [-0.4, -0.2) is 21.1 Å². The van der Waals surface area contributed by atoms with E-state index in [0.29, 0.717) is 5.65 Å². The molecule has 1 aliphatic rings. The maximum atomic E-state index is 12.5. The fourth-order valence-corrected chi connectivity index (χ4v) is 2.80. The highest BCUT2D eigenvalue weighted by atomic mass is 16.1. The van der Waals surface area contributed by atoms with E-state index in [1.54, 1.807) is 16.8 Å². The van der Waals surface area contributed by atoms with Crippen LogP contribution < -0.4 is 10.9 Å². The quantitative estimate of drug-likeness (QED) is 0.805. The number of aryl methyl sites for hydroxylation is 1. The molecular weight excluding hydrogens is 288 g/mol. The van der Waals surface area contributed by atoms with Crippen molar-refractivity contribution in [2.45, 2.75) is 19.8 Å². The van der Waals surface area contributed by atoms with Crippen LogP contribution in [0.4, 0.5) is 5.69 Å². The molecule has 0 atom stereocenters. The minimum absolute atomic E-state index is 0.0759. The molecule has 1 aromatic carbocycles. The van der Waals surface area contributed by atoms with Crippen molar-refractivity contribution in [3.05, 3.63) is 58.8 Å². The molecule has 0 amide bonds. The Labute approximate surface area is 134 Å². The highest BCUT2D eigenvalue weighted by Crippen LogP contribution is 2.29. The van der Waals surface area contributed by atoms with Crippen molar-refractivity contribution < 1.29 is 0 Å². The Morgan fingerprint density at radius 3 is 3.00 bits per heavy atom. The molecule has 2 aromatic heterocycles. The second kappa shape index (κ2) is 5.50. The number of hydrogen-bond donors (Lipinski definition) is 1. The smallest absolute Gasteiger partial charge is 0.257 e. The van der Waals surface area contributed by atoms with Gasteiger partial charge < -0.3 is 5.32 Å². The van der Waals surface area contributed by atoms with Crippen molar-refractivity contribution in [2.75, 3.05) is 11.9 Å². The second-order valence-electron chi connectivity index (χ2n) is 6.14. The van der Waals surface area contributed by atoms with E-state index in [9.17, 15) is 4.79 Å². The van der Waals surface area contributed by atoms with Crippen molar-refractivity contribution in [1.82, 2.24) is 14.5 Å². The van der Waals surface area contributed by atoms with Gasteiger partial charge in [0.15, 0.2) is 5.65 Å². The van der Waals surface area contributed by atoms with E-state index >= 15 is 0 Å². The molecule has 5 nitrogen and oxygen atoms in total. The number of aromatic nitrogens is 3. The van der Waals surface area contributed by atoms with E-state index in [1.165, 1.54) is 19.2 Å². The van der Waals surface area contributed by atoms with Gasteiger partial charge in [-0.3, -0.25) is 9.36 Å². The van der Waals surface area contributed by atoms with Crippen LogP contribution in [0.5, 0.6) is 0 Å². The first-order valence-corrected chi connectivity index (χ1v) is 7.89. The lowest BCUT2D eigenvalue weighted by Gasteiger charge is -2.12. The summed E-state index contributed by atoms with van der Waals surface area (Å²) in [6, 6.07) is 9.56. The normalized spacial score (nSPS) is 14.1. The maximum absolute atomic E-state index is 12.5. The molecule has 0 unspecified atom stereocenters. The third kappa shape index (κ3) is 2.70. The molecule has 2 heterocycles. The lowest BCUT2D eigenvalue weighted by atomic mass is 10.2. The molecule has 0 bridgehead atoms. The van der Waals surface area contributed by atoms with Crippen LogP contribution in [0.3, 0.4) is 0 Å². The first-order chi connectivity index (χ1) is 11.2. The SMILES string of the molecule is Cc1cc(=O)n(-c2cccc(NCC3CC3)c2)c2ncncc12. The summed E-state index contributed by atoms with van der Waals surface area (Å²) in [5.41, 5.74) is 3.31. The predicted molar refractivity (Wildman–Crippen MR) is 91.1 cm³/mol. The number of nitrogens with zero attached hydrogens (tertiary/aromatic N) is 3. The van der Waals surface area contributed by atoms with Crippen molar-refractivity contribution in [3.63, 3.8) is 0 Å². The summed E-state index contributed by atoms with van der Waals surface area (Å²) in [6.07, 6.45) is 5.85. The molecule has 0 radical (unpaired) electrons. The molecule has 1 aliphatic carbocycles. The summed E-state index contributed by atoms with van der Waals surface area (Å²) in [4.78, 5) is 20.9. The van der Waals surface area contributed by atoms with Crippen molar-refractivity contribution in [1.29, 1.82) is 0 Å². The Morgan fingerprint density at radius 2 is 2.17 bits per heavy atom. The number of rotatable bonds is 4. The Kier molecular flexibility index (Phi) is 3.33. The standard InChI is InChI=1S/C18H18N4O/c1-12-7-17(23)22(18-16(12)10-19-11-21-18)15-4-2-3-14(8-15)20-9-13-5-6-13/h2-4,7-8,10-11,13,20H,5-6,9H2,1H3. The second-order valence-corrected chi connectivity index (χ2v) is 6.14. The third-order valence-corrected chi connectivity index (χ3v) is 4.28. The Balaban J connectivity index is 1.82. The molecule has 4 rings (SSSR count). The number of benzene rings is 1. The van der Waals surface area contributed by atoms with E-state index in [4.69, 9.17) is 0 Å². The van der Waals surface area contributed by atoms with Crippen LogP contribution in [0, 0.1) is 12.8 Å². The van der Waals surface area contributed by atoms with Crippen LogP contribution in [0.25, 0.3) is 16.7 Å². The Hall–Kier alpha value is -2.69. The summed E-state index contributed by atoms with van der Waals surface area (Å²) in [6.45, 7) is 2.90. The van der Waals surface area contributed by atoms with Crippen LogP contribution in [-0.2, 0) is 0 Å². The topological polar surface area (TPSA) is 59.8 Å². The van der Waals surface area contributed by atoms with Crippen LogP contribution in [0.2, 0.25) is 0 Å². The van der Waals surface area contributed by atoms with Crippen LogP contribution in [0.15, 0.2) is 47.7 Å². The van der Waals surface area contributed by atoms with E-state index in [2.05, 4.69) is 15.3 Å². The largest absolute Gasteiger partial charge is 0.385 e. The number of nitrogens with one attached hydrogen (secondary N) is 1. The average Bonchev–Trinajstić information content (AvgIpc) is 3.38. The first kappa shape index (κ1) is 13.9. The Bertz CT molecular complexity index is 928. The van der Waals surface area contributed by atoms with Gasteiger partial charge in [0.2, 0.25) is 0 Å². The predicted octanol–water partition coefficient (Wildman–Crippen LogP) is 2.91. The lowest BCUT2D eigenvalue weighted by Crippen LogP contribution is -2.19. The molecule has 116 valence electrons. The molecule has 3 aromatic rings. The lowest BCUT2D eigenvalue weighted by molar-refractivity contribution is 0.888. The van der Waals surface area contributed by atoms with Gasteiger partial charge in [0.25, 0.3) is 5.56 Å².